The van der Waals surface area contributed by atoms with Crippen LogP contribution in [0.4, 0.5) is 4.79 Å². The highest BCUT2D eigenvalue weighted by atomic mass is 16.2. The van der Waals surface area contributed by atoms with Gasteiger partial charge in [-0.05, 0) is 38.3 Å². The standard InChI is InChI=1S/C22H32N4O2/c1-4-6-24-7-5-19(14-24)13-23-22(28)26-9-8-25(21(27)16-26)15-20-11-17(2)10-18(3)12-20/h4,10-12,19H,1,5-9,13-16H2,2-3H3,(H,23,28). The van der Waals surface area contributed by atoms with Gasteiger partial charge in [0, 0.05) is 39.3 Å². The SMILES string of the molecule is C=CCN1CCC(CNC(=O)N2CCN(Cc3cc(C)cc(C)c3)C(=O)C2)C1. The molecule has 2 saturated heterocycles. The summed E-state index contributed by atoms with van der Waals surface area (Å²) in [6.07, 6.45) is 3.01. The van der Waals surface area contributed by atoms with Crippen LogP contribution >= 0.6 is 0 Å². The van der Waals surface area contributed by atoms with Crippen LogP contribution in [0.25, 0.3) is 0 Å². The van der Waals surface area contributed by atoms with Crippen LogP contribution in [0.1, 0.15) is 23.1 Å². The Morgan fingerprint density at radius 2 is 1.96 bits per heavy atom. The quantitative estimate of drug-likeness (QED) is 0.765. The fraction of sp³-hybridized carbons (Fsp3) is 0.545. The molecule has 6 nitrogen and oxygen atoms in total. The average Bonchev–Trinajstić information content (AvgIpc) is 3.08. The maximum Gasteiger partial charge on any atom is 0.317 e. The van der Waals surface area contributed by atoms with E-state index in [1.807, 2.05) is 11.0 Å². The van der Waals surface area contributed by atoms with Crippen molar-refractivity contribution in [1.29, 1.82) is 0 Å². The third-order valence-electron chi connectivity index (χ3n) is 5.56. The number of rotatable bonds is 6. The van der Waals surface area contributed by atoms with Crippen LogP contribution in [0, 0.1) is 19.8 Å². The number of aryl methyl sites for hydroxylation is 2. The van der Waals surface area contributed by atoms with Crippen molar-refractivity contribution in [3.05, 3.63) is 47.5 Å². The van der Waals surface area contributed by atoms with E-state index < -0.39 is 0 Å². The van der Waals surface area contributed by atoms with Gasteiger partial charge in [0.25, 0.3) is 0 Å². The predicted molar refractivity (Wildman–Crippen MR) is 111 cm³/mol. The van der Waals surface area contributed by atoms with E-state index in [0.717, 1.165) is 31.6 Å². The lowest BCUT2D eigenvalue weighted by molar-refractivity contribution is -0.135. The molecule has 0 saturated carbocycles. The van der Waals surface area contributed by atoms with Crippen molar-refractivity contribution in [2.24, 2.45) is 5.92 Å². The van der Waals surface area contributed by atoms with Crippen molar-refractivity contribution in [2.75, 3.05) is 45.8 Å². The number of piperazine rings is 1. The molecule has 1 unspecified atom stereocenters. The van der Waals surface area contributed by atoms with E-state index in [-0.39, 0.29) is 18.5 Å². The van der Waals surface area contributed by atoms with E-state index >= 15 is 0 Å². The second kappa shape index (κ2) is 9.24. The van der Waals surface area contributed by atoms with E-state index in [1.165, 1.54) is 11.1 Å². The smallest absolute Gasteiger partial charge is 0.317 e. The Labute approximate surface area is 168 Å². The Morgan fingerprint density at radius 1 is 1.21 bits per heavy atom. The van der Waals surface area contributed by atoms with Crippen LogP contribution in [0.15, 0.2) is 30.9 Å². The summed E-state index contributed by atoms with van der Waals surface area (Å²) >= 11 is 0. The highest BCUT2D eigenvalue weighted by Crippen LogP contribution is 2.16. The number of amides is 3. The third kappa shape index (κ3) is 5.35. The number of benzene rings is 1. The Balaban J connectivity index is 1.45. The molecule has 152 valence electrons. The maximum atomic E-state index is 12.5. The van der Waals surface area contributed by atoms with Crippen LogP contribution in [-0.4, -0.2) is 72.5 Å². The zero-order chi connectivity index (χ0) is 20.1. The van der Waals surface area contributed by atoms with E-state index in [9.17, 15) is 9.59 Å². The summed E-state index contributed by atoms with van der Waals surface area (Å²) in [5.74, 6) is 0.490. The minimum atomic E-state index is -0.124. The summed E-state index contributed by atoms with van der Waals surface area (Å²) in [6.45, 7) is 13.5. The summed E-state index contributed by atoms with van der Waals surface area (Å²) in [5.41, 5.74) is 3.56. The van der Waals surface area contributed by atoms with Gasteiger partial charge < -0.3 is 15.1 Å². The molecule has 2 aliphatic rings. The molecule has 3 amide bonds. The van der Waals surface area contributed by atoms with E-state index in [2.05, 4.69) is 48.8 Å². The molecule has 3 rings (SSSR count). The molecule has 1 N–H and O–H groups in total. The molecule has 0 radical (unpaired) electrons. The van der Waals surface area contributed by atoms with Crippen LogP contribution < -0.4 is 5.32 Å². The number of urea groups is 1. The van der Waals surface area contributed by atoms with Gasteiger partial charge in [0.05, 0.1) is 0 Å². The van der Waals surface area contributed by atoms with Crippen LogP contribution in [0.5, 0.6) is 0 Å². The molecular weight excluding hydrogens is 352 g/mol. The second-order valence-electron chi connectivity index (χ2n) is 8.12. The minimum absolute atomic E-state index is 0.0126. The van der Waals surface area contributed by atoms with Crippen molar-refractivity contribution >= 4 is 11.9 Å². The molecule has 6 heteroatoms. The zero-order valence-corrected chi connectivity index (χ0v) is 17.1. The predicted octanol–water partition coefficient (Wildman–Crippen LogP) is 2.17. The molecule has 1 aromatic carbocycles. The summed E-state index contributed by atoms with van der Waals surface area (Å²) in [5, 5.41) is 3.02. The molecule has 28 heavy (non-hydrogen) atoms. The lowest BCUT2D eigenvalue weighted by Gasteiger charge is -2.34. The Kier molecular flexibility index (Phi) is 6.73. The first-order chi connectivity index (χ1) is 13.4. The average molecular weight is 385 g/mol. The van der Waals surface area contributed by atoms with Gasteiger partial charge in [0.1, 0.15) is 6.54 Å². The van der Waals surface area contributed by atoms with Crippen molar-refractivity contribution in [3.8, 4) is 0 Å². The maximum absolute atomic E-state index is 12.5. The fourth-order valence-electron chi connectivity index (χ4n) is 4.20. The van der Waals surface area contributed by atoms with Gasteiger partial charge in [-0.15, -0.1) is 6.58 Å². The lowest BCUT2D eigenvalue weighted by atomic mass is 10.1. The molecule has 0 aliphatic carbocycles. The summed E-state index contributed by atoms with van der Waals surface area (Å²) in [6, 6.07) is 6.25. The highest BCUT2D eigenvalue weighted by Gasteiger charge is 2.28. The molecule has 2 aliphatic heterocycles. The Bertz CT molecular complexity index is 713. The van der Waals surface area contributed by atoms with Gasteiger partial charge in [-0.1, -0.05) is 35.4 Å². The summed E-state index contributed by atoms with van der Waals surface area (Å²) in [4.78, 5) is 30.9. The molecule has 0 bridgehead atoms. The Hall–Kier alpha value is -2.34. The third-order valence-corrected chi connectivity index (χ3v) is 5.56. The first-order valence-electron chi connectivity index (χ1n) is 10.2. The zero-order valence-electron chi connectivity index (χ0n) is 17.1. The molecule has 1 aromatic rings. The van der Waals surface area contributed by atoms with Gasteiger partial charge in [-0.3, -0.25) is 9.69 Å². The molecule has 2 heterocycles. The monoisotopic (exact) mass is 384 g/mol. The van der Waals surface area contributed by atoms with Crippen molar-refractivity contribution in [3.63, 3.8) is 0 Å². The summed E-state index contributed by atoms with van der Waals surface area (Å²) in [7, 11) is 0. The van der Waals surface area contributed by atoms with E-state index in [0.29, 0.717) is 32.1 Å². The minimum Gasteiger partial charge on any atom is -0.338 e. The Morgan fingerprint density at radius 3 is 2.64 bits per heavy atom. The van der Waals surface area contributed by atoms with E-state index in [4.69, 9.17) is 0 Å². The fourth-order valence-corrected chi connectivity index (χ4v) is 4.20. The molecule has 1 atom stereocenters. The van der Waals surface area contributed by atoms with Gasteiger partial charge in [-0.2, -0.15) is 0 Å². The number of nitrogens with one attached hydrogen (secondary N) is 1. The summed E-state index contributed by atoms with van der Waals surface area (Å²) < 4.78 is 0. The molecule has 0 spiro atoms. The van der Waals surface area contributed by atoms with Crippen molar-refractivity contribution in [2.45, 2.75) is 26.8 Å². The number of likely N-dealkylation sites (tertiary alicyclic amines) is 1. The van der Waals surface area contributed by atoms with Gasteiger partial charge in [0.2, 0.25) is 5.91 Å². The molecular formula is C22H32N4O2. The molecule has 2 fully saturated rings. The number of carbonyl (C=O) groups excluding carboxylic acids is 2. The van der Waals surface area contributed by atoms with Gasteiger partial charge >= 0.3 is 6.03 Å². The van der Waals surface area contributed by atoms with Gasteiger partial charge in [-0.25, -0.2) is 4.79 Å². The van der Waals surface area contributed by atoms with E-state index in [1.54, 1.807) is 4.90 Å². The number of carbonyl (C=O) groups is 2. The number of hydrogen-bond acceptors (Lipinski definition) is 3. The largest absolute Gasteiger partial charge is 0.338 e. The first-order valence-corrected chi connectivity index (χ1v) is 10.2. The van der Waals surface area contributed by atoms with Crippen molar-refractivity contribution < 1.29 is 9.59 Å². The molecule has 0 aromatic heterocycles. The number of nitrogens with zero attached hydrogens (tertiary/aromatic N) is 3. The van der Waals surface area contributed by atoms with Crippen LogP contribution in [0.2, 0.25) is 0 Å². The number of hydrogen-bond donors (Lipinski definition) is 1. The van der Waals surface area contributed by atoms with Gasteiger partial charge in [0.15, 0.2) is 0 Å². The van der Waals surface area contributed by atoms with Crippen LogP contribution in [-0.2, 0) is 11.3 Å². The van der Waals surface area contributed by atoms with Crippen LogP contribution in [0.3, 0.4) is 0 Å². The normalized spacial score (nSPS) is 20.5. The second-order valence-corrected chi connectivity index (χ2v) is 8.12. The first kappa shape index (κ1) is 20.4. The topological polar surface area (TPSA) is 55.9 Å². The highest BCUT2D eigenvalue weighted by molar-refractivity contribution is 5.85. The lowest BCUT2D eigenvalue weighted by Crippen LogP contribution is -2.54. The van der Waals surface area contributed by atoms with Crippen molar-refractivity contribution in [1.82, 2.24) is 20.0 Å².